The van der Waals surface area contributed by atoms with Crippen LogP contribution in [0.1, 0.15) is 118 Å². The number of anilines is 1. The third-order valence-corrected chi connectivity index (χ3v) is 22.3. The summed E-state index contributed by atoms with van der Waals surface area (Å²) in [6.07, 6.45) is -15.5. The summed E-state index contributed by atoms with van der Waals surface area (Å²) in [7, 11) is 0. The predicted molar refractivity (Wildman–Crippen MR) is 436 cm³/mol. The summed E-state index contributed by atoms with van der Waals surface area (Å²) in [6, 6.07) is 6.39. The minimum atomic E-state index is -2.37. The normalized spacial score (nSPS) is 25.4. The van der Waals surface area contributed by atoms with Crippen LogP contribution in [0.5, 0.6) is 46.0 Å². The molecule has 0 aliphatic carbocycles. The lowest BCUT2D eigenvalue weighted by Crippen LogP contribution is -2.64. The first kappa shape index (κ1) is 91.7. The topological polar surface area (TPSA) is 592 Å². The molecule has 0 spiro atoms. The second-order valence-electron chi connectivity index (χ2n) is 30.8. The van der Waals surface area contributed by atoms with Gasteiger partial charge in [-0.05, 0) is 132 Å². The van der Waals surface area contributed by atoms with Gasteiger partial charge in [0.1, 0.15) is 95.2 Å². The number of nitrogens with two attached hydrogens (primary N) is 2. The summed E-state index contributed by atoms with van der Waals surface area (Å²) < 4.78 is 40.4. The summed E-state index contributed by atoms with van der Waals surface area (Å²) in [4.78, 5) is 166. The number of halogens is 4. The molecule has 10 amide bonds. The Morgan fingerprint density at radius 3 is 1.98 bits per heavy atom. The summed E-state index contributed by atoms with van der Waals surface area (Å²) in [5.74, 6) is -18.0. The van der Waals surface area contributed by atoms with Crippen molar-refractivity contribution in [2.24, 2.45) is 23.3 Å². The third kappa shape index (κ3) is 21.1. The molecule has 2 saturated heterocycles. The molecule has 124 heavy (non-hydrogen) atoms. The largest absolute Gasteiger partial charge is 0.508 e. The van der Waals surface area contributed by atoms with Crippen molar-refractivity contribution in [1.29, 1.82) is 0 Å². The number of carbonyl (C=O) groups excluding carboxylic acids is 10. The van der Waals surface area contributed by atoms with Gasteiger partial charge in [0.15, 0.2) is 30.5 Å². The van der Waals surface area contributed by atoms with E-state index < -0.39 is 255 Å². The van der Waals surface area contributed by atoms with Crippen LogP contribution in [0.15, 0.2) is 114 Å². The number of benzene rings is 6. The Balaban J connectivity index is 0.983. The molecule has 7 aliphatic rings. The van der Waals surface area contributed by atoms with E-state index in [-0.39, 0.29) is 76.6 Å². The Labute approximate surface area is 724 Å². The van der Waals surface area contributed by atoms with Crippen LogP contribution in [0.4, 0.5) is 5.82 Å². The lowest BCUT2D eigenvalue weighted by molar-refractivity contribution is -0.319. The van der Waals surface area contributed by atoms with Gasteiger partial charge in [0.25, 0.3) is 5.91 Å². The van der Waals surface area contributed by atoms with Crippen molar-refractivity contribution in [2.75, 3.05) is 25.1 Å². The third-order valence-electron chi connectivity index (χ3n) is 21.0. The quantitative estimate of drug-likeness (QED) is 0.0460. The highest BCUT2D eigenvalue weighted by molar-refractivity contribution is 6.42. The molecule has 43 heteroatoms. The molecule has 7 aromatic rings. The number of hydrogen-bond donors (Lipinski definition) is 19. The van der Waals surface area contributed by atoms with Crippen LogP contribution in [-0.2, 0) is 80.0 Å². The maximum Gasteiger partial charge on any atom is 0.349 e. The molecule has 17 atom stereocenters. The molecular formula is C81H87Cl4N13O26. The Kier molecular flexibility index (Phi) is 28.6. The van der Waals surface area contributed by atoms with Crippen LogP contribution < -0.4 is 79.4 Å². The standard InChI is InChI=1S/C81H87Cl4N13O26/c1-32(2)18-33(3)72(110)95-64-66(106)37-8-12-51(45(84)22-37)121-53-24-39-25-54(69(53)124-79-70(68(108)50(102)30-118-79)123-59-29-81(5,71(109)34(4)120-59)88-15-17-98-16-14-57(91-80(98)117)90-58(105)20-35-6-10-43(82)44(83)19-35)122-52-13-9-38(23-46(52)85)67(107)65-77(115)94-63(78(116)97-119-31-56(87)104)42-26-40(99)27-49(101)60(42)41-21-36(7-11-48(41)100)61(74(112)96-65)93-75(113)62(39)92-73(111)47(28-55(86)103)89-76(64)114/h6-14,16,19,21-27,32-34,47,50,59,61-68,70-71,79,88,99-102,106-109H,15,17-18,20,28-31H2,1-5H3,(H2,86,103)(H2,87,104)(H,89,114)(H,92,111)(H,93,113)(H,94,115)(H,95,110)(H,96,112)(H,97,116)(H,90,91,105,117)/t33-,34+,47+,50-,59+,61-,62-,63-,64-,65+,66-,67-,68+,70-,71-,79+,81+/m1/s1. The van der Waals surface area contributed by atoms with E-state index in [2.05, 4.69) is 47.5 Å². The summed E-state index contributed by atoms with van der Waals surface area (Å²) in [6.45, 7) is 6.63. The molecule has 660 valence electrons. The van der Waals surface area contributed by atoms with Gasteiger partial charge >= 0.3 is 5.69 Å². The van der Waals surface area contributed by atoms with E-state index in [0.717, 1.165) is 66.7 Å². The average Bonchev–Trinajstić information content (AvgIpc) is 0.747. The molecule has 0 saturated carbocycles. The van der Waals surface area contributed by atoms with Gasteiger partial charge in [-0.25, -0.2) is 10.3 Å². The minimum absolute atomic E-state index is 0.0185. The smallest absolute Gasteiger partial charge is 0.349 e. The number of ether oxygens (including phenoxy) is 6. The maximum atomic E-state index is 16.3. The molecule has 8 heterocycles. The minimum Gasteiger partial charge on any atom is -0.508 e. The average molecular weight is 1800 g/mol. The number of fused-ring (bicyclic) bond motifs is 15. The molecule has 7 aliphatic heterocycles. The molecule has 1 aromatic heterocycles. The number of nitrogens with zero attached hydrogens (tertiary/aromatic N) is 2. The van der Waals surface area contributed by atoms with Gasteiger partial charge < -0.3 is 123 Å². The van der Waals surface area contributed by atoms with Crippen molar-refractivity contribution in [3.05, 3.63) is 173 Å². The van der Waals surface area contributed by atoms with Gasteiger partial charge in [0.2, 0.25) is 65.2 Å². The van der Waals surface area contributed by atoms with Crippen LogP contribution in [0.2, 0.25) is 20.1 Å². The van der Waals surface area contributed by atoms with Gasteiger partial charge in [-0.3, -0.25) is 57.4 Å². The lowest BCUT2D eigenvalue weighted by atomic mass is 9.85. The molecule has 0 radical (unpaired) electrons. The number of nitrogens with one attached hydrogen (secondary N) is 9. The number of hydroxylamine groups is 1. The fourth-order valence-corrected chi connectivity index (χ4v) is 15.6. The Morgan fingerprint density at radius 2 is 1.34 bits per heavy atom. The maximum absolute atomic E-state index is 16.3. The first-order chi connectivity index (χ1) is 58.7. The number of aromatic hydroxyl groups is 3. The molecular weight excluding hydrogens is 1710 g/mol. The van der Waals surface area contributed by atoms with E-state index in [9.17, 15) is 74.4 Å². The predicted octanol–water partition coefficient (Wildman–Crippen LogP) is 2.62. The lowest BCUT2D eigenvalue weighted by Gasteiger charge is -2.47. The molecule has 2 fully saturated rings. The number of aliphatic hydroxyl groups excluding tert-OH is 5. The van der Waals surface area contributed by atoms with Crippen LogP contribution in [-0.4, -0.2) is 196 Å². The highest BCUT2D eigenvalue weighted by atomic mass is 35.5. The number of rotatable bonds is 21. The Bertz CT molecular complexity index is 5400. The molecule has 21 N–H and O–H groups in total. The number of phenolic OH excluding ortho intramolecular Hbond substituents is 3. The molecule has 11 bridgehead atoms. The van der Waals surface area contributed by atoms with Crippen LogP contribution in [0.3, 0.4) is 0 Å². The van der Waals surface area contributed by atoms with E-state index >= 15 is 19.2 Å². The fraction of sp³-hybridized carbons (Fsp3) is 0.383. The Morgan fingerprint density at radius 1 is 0.685 bits per heavy atom. The van der Waals surface area contributed by atoms with Crippen molar-refractivity contribution >= 4 is 111 Å². The van der Waals surface area contributed by atoms with E-state index in [0.29, 0.717) is 10.6 Å². The zero-order chi connectivity index (χ0) is 89.8. The highest BCUT2D eigenvalue weighted by Gasteiger charge is 2.50. The van der Waals surface area contributed by atoms with E-state index in [1.54, 1.807) is 19.9 Å². The second kappa shape index (κ2) is 38.7. The van der Waals surface area contributed by atoms with Crippen molar-refractivity contribution < 1.29 is 122 Å². The van der Waals surface area contributed by atoms with E-state index in [1.165, 1.54) is 48.0 Å². The Hall–Kier alpha value is -11.5. The van der Waals surface area contributed by atoms with Crippen LogP contribution in [0.25, 0.3) is 11.1 Å². The second-order valence-corrected chi connectivity index (χ2v) is 32.4. The van der Waals surface area contributed by atoms with E-state index in [1.807, 2.05) is 19.3 Å². The number of amides is 10. The van der Waals surface area contributed by atoms with Gasteiger partial charge in [-0.15, -0.1) is 0 Å². The van der Waals surface area contributed by atoms with Crippen molar-refractivity contribution in [3.63, 3.8) is 0 Å². The number of hydrogen-bond acceptors (Lipinski definition) is 28. The molecule has 39 nitrogen and oxygen atoms in total. The van der Waals surface area contributed by atoms with Crippen molar-refractivity contribution in [3.8, 4) is 57.1 Å². The zero-order valence-electron chi connectivity index (χ0n) is 66.4. The summed E-state index contributed by atoms with van der Waals surface area (Å²) in [5, 5.41) is 115. The van der Waals surface area contributed by atoms with Crippen LogP contribution >= 0.6 is 46.4 Å². The summed E-state index contributed by atoms with van der Waals surface area (Å²) >= 11 is 26.5. The summed E-state index contributed by atoms with van der Waals surface area (Å²) in [5.41, 5.74) is 8.50. The molecule has 14 rings (SSSR count). The number of phenols is 3. The molecule has 0 unspecified atom stereocenters. The van der Waals surface area contributed by atoms with Crippen molar-refractivity contribution in [1.82, 2.24) is 52.2 Å². The fourth-order valence-electron chi connectivity index (χ4n) is 14.8. The monoisotopic (exact) mass is 1800 g/mol. The first-order valence-corrected chi connectivity index (χ1v) is 40.1. The first-order valence-electron chi connectivity index (χ1n) is 38.6. The zero-order valence-corrected chi connectivity index (χ0v) is 69.4. The van der Waals surface area contributed by atoms with Crippen LogP contribution in [0, 0.1) is 11.8 Å². The van der Waals surface area contributed by atoms with Crippen molar-refractivity contribution in [2.45, 2.75) is 164 Å². The number of aromatic nitrogens is 2. The van der Waals surface area contributed by atoms with Gasteiger partial charge in [-0.1, -0.05) is 91.4 Å². The van der Waals surface area contributed by atoms with Gasteiger partial charge in [0, 0.05) is 54.4 Å². The number of primary amides is 2. The molecule has 6 aromatic carbocycles. The van der Waals surface area contributed by atoms with Gasteiger partial charge in [-0.2, -0.15) is 4.98 Å². The van der Waals surface area contributed by atoms with E-state index in [4.69, 9.17) is 91.1 Å². The number of carbonyl (C=O) groups is 10. The van der Waals surface area contributed by atoms with Gasteiger partial charge in [0.05, 0.1) is 51.7 Å². The number of aliphatic hydroxyl groups is 5. The SMILES string of the molecule is CC(C)C[C@@H](C)C(=O)N[C@H]1C(=O)N[C@@H](CC(N)=O)C(=O)N[C@H]2C(=O)N[C@H]3C(=O)N[C@H](C(=O)N[C@@H](C(=O)NOCC(N)=O)c4cc(O)cc(O)c4-c4cc3ccc4O)[C@H](O)c3ccc(c(Cl)c3)Oc3cc2cc(c3O[C@@H]2OC[C@@H](O)[C@H](O)[C@H]2O[C@H]2C[C@](C)(NCCn3ccc(NC(=O)Cc4ccc(Cl)c(Cl)c4)nc3=O)[C@H](O)[C@H](C)O2)Oc2ccc(cc2Cl)[C@H]1O. The highest BCUT2D eigenvalue weighted by Crippen LogP contribution is 2.50.